The molecule has 0 amide bonds. The second-order valence-corrected chi connectivity index (χ2v) is 8.21. The largest absolute Gasteiger partial charge is 0.295 e. The summed E-state index contributed by atoms with van der Waals surface area (Å²) in [5.41, 5.74) is 1.11. The minimum atomic E-state index is -0.405. The van der Waals surface area contributed by atoms with Crippen molar-refractivity contribution < 1.29 is 9.72 Å². The normalized spacial score (nSPS) is 17.7. The number of carbonyl (C=O) groups is 1. The van der Waals surface area contributed by atoms with Crippen LogP contribution in [0.5, 0.6) is 0 Å². The van der Waals surface area contributed by atoms with E-state index in [9.17, 15) is 14.9 Å². The highest BCUT2D eigenvalue weighted by molar-refractivity contribution is 8.22. The van der Waals surface area contributed by atoms with Gasteiger partial charge in [0.25, 0.3) is 5.69 Å². The van der Waals surface area contributed by atoms with Gasteiger partial charge in [-0.05, 0) is 19.4 Å². The molecular weight excluding hydrogens is 294 g/mol. The van der Waals surface area contributed by atoms with Crippen LogP contribution in [-0.2, 0) is 10.5 Å². The standard InChI is InChI=1S/C14H15NO3S2/c1-14(2)8-12(16)7-13(20-14)19-9-10-3-5-11(6-4-10)15(17)18/h3-7H,8-9H2,1-2H3. The molecule has 0 unspecified atom stereocenters. The van der Waals surface area contributed by atoms with Gasteiger partial charge in [-0.25, -0.2) is 0 Å². The SMILES string of the molecule is CC1(C)CC(=O)C=C(SCc2ccc([N+](=O)[O-])cc2)S1. The van der Waals surface area contributed by atoms with Crippen molar-refractivity contribution in [1.82, 2.24) is 0 Å². The summed E-state index contributed by atoms with van der Waals surface area (Å²) in [7, 11) is 0. The Morgan fingerprint density at radius 3 is 2.55 bits per heavy atom. The number of nitrogens with zero attached hydrogens (tertiary/aromatic N) is 1. The summed E-state index contributed by atoms with van der Waals surface area (Å²) in [6.07, 6.45) is 2.27. The van der Waals surface area contributed by atoms with Crippen molar-refractivity contribution in [3.63, 3.8) is 0 Å². The van der Waals surface area contributed by atoms with Crippen molar-refractivity contribution in [2.24, 2.45) is 0 Å². The molecule has 1 aliphatic heterocycles. The van der Waals surface area contributed by atoms with Crippen molar-refractivity contribution in [2.75, 3.05) is 0 Å². The third-order valence-corrected chi connectivity index (χ3v) is 5.28. The number of allylic oxidation sites excluding steroid dienone is 1. The van der Waals surface area contributed by atoms with Crippen LogP contribution in [0.2, 0.25) is 0 Å². The lowest BCUT2D eigenvalue weighted by molar-refractivity contribution is -0.384. The zero-order valence-corrected chi connectivity index (χ0v) is 12.9. The Kier molecular flexibility index (Phi) is 4.55. The van der Waals surface area contributed by atoms with E-state index in [4.69, 9.17) is 0 Å². The molecule has 106 valence electrons. The van der Waals surface area contributed by atoms with Gasteiger partial charge in [-0.15, -0.1) is 23.5 Å². The first-order valence-electron chi connectivity index (χ1n) is 6.15. The fourth-order valence-corrected chi connectivity index (χ4v) is 4.63. The Hall–Kier alpha value is -1.27. The van der Waals surface area contributed by atoms with Gasteiger partial charge >= 0.3 is 0 Å². The first-order valence-corrected chi connectivity index (χ1v) is 7.96. The Morgan fingerprint density at radius 2 is 2.00 bits per heavy atom. The zero-order valence-electron chi connectivity index (χ0n) is 11.3. The fraction of sp³-hybridized carbons (Fsp3) is 0.357. The van der Waals surface area contributed by atoms with E-state index in [0.29, 0.717) is 12.2 Å². The predicted octanol–water partition coefficient (Wildman–Crippen LogP) is 4.15. The van der Waals surface area contributed by atoms with E-state index in [0.717, 1.165) is 9.80 Å². The Labute approximate surface area is 126 Å². The van der Waals surface area contributed by atoms with Gasteiger partial charge in [-0.2, -0.15) is 0 Å². The van der Waals surface area contributed by atoms with Gasteiger partial charge in [0, 0.05) is 39.4 Å². The van der Waals surface area contributed by atoms with Gasteiger partial charge in [0.2, 0.25) is 0 Å². The Balaban J connectivity index is 1.98. The molecule has 4 nitrogen and oxygen atoms in total. The topological polar surface area (TPSA) is 60.2 Å². The minimum absolute atomic E-state index is 0.0519. The lowest BCUT2D eigenvalue weighted by Gasteiger charge is -2.27. The van der Waals surface area contributed by atoms with Crippen LogP contribution < -0.4 is 0 Å². The molecule has 0 saturated heterocycles. The Morgan fingerprint density at radius 1 is 1.35 bits per heavy atom. The highest BCUT2D eigenvalue weighted by Crippen LogP contribution is 2.44. The number of nitro groups is 1. The number of hydrogen-bond acceptors (Lipinski definition) is 5. The molecule has 20 heavy (non-hydrogen) atoms. The van der Waals surface area contributed by atoms with Crippen LogP contribution in [0.25, 0.3) is 0 Å². The van der Waals surface area contributed by atoms with E-state index in [1.54, 1.807) is 41.7 Å². The summed E-state index contributed by atoms with van der Waals surface area (Å²) < 4.78 is 0.966. The molecule has 6 heteroatoms. The zero-order chi connectivity index (χ0) is 14.8. The number of nitro benzene ring substituents is 1. The lowest BCUT2D eigenvalue weighted by Crippen LogP contribution is -2.22. The summed E-state index contributed by atoms with van der Waals surface area (Å²) in [6.45, 7) is 4.13. The first-order chi connectivity index (χ1) is 9.35. The summed E-state index contributed by atoms with van der Waals surface area (Å²) >= 11 is 3.32. The van der Waals surface area contributed by atoms with E-state index >= 15 is 0 Å². The number of benzene rings is 1. The van der Waals surface area contributed by atoms with Crippen molar-refractivity contribution in [3.8, 4) is 0 Å². The van der Waals surface area contributed by atoms with Crippen LogP contribution in [-0.4, -0.2) is 15.5 Å². The van der Waals surface area contributed by atoms with Crippen molar-refractivity contribution in [3.05, 3.63) is 50.3 Å². The number of rotatable bonds is 4. The average Bonchev–Trinajstić information content (AvgIpc) is 2.34. The van der Waals surface area contributed by atoms with Crippen LogP contribution in [0.1, 0.15) is 25.8 Å². The molecule has 0 radical (unpaired) electrons. The molecule has 0 saturated carbocycles. The van der Waals surface area contributed by atoms with Crippen molar-refractivity contribution in [1.29, 1.82) is 0 Å². The highest BCUT2D eigenvalue weighted by Gasteiger charge is 2.28. The summed E-state index contributed by atoms with van der Waals surface area (Å²) in [6, 6.07) is 6.53. The summed E-state index contributed by atoms with van der Waals surface area (Å²) in [5, 5.41) is 10.6. The van der Waals surface area contributed by atoms with E-state index in [-0.39, 0.29) is 16.2 Å². The minimum Gasteiger partial charge on any atom is -0.295 e. The smallest absolute Gasteiger partial charge is 0.269 e. The molecule has 0 aliphatic carbocycles. The van der Waals surface area contributed by atoms with Crippen molar-refractivity contribution >= 4 is 35.0 Å². The predicted molar refractivity (Wildman–Crippen MR) is 83.8 cm³/mol. The van der Waals surface area contributed by atoms with Gasteiger partial charge in [-0.1, -0.05) is 12.1 Å². The number of thioether (sulfide) groups is 2. The van der Waals surface area contributed by atoms with E-state index < -0.39 is 4.92 Å². The molecule has 0 fully saturated rings. The van der Waals surface area contributed by atoms with Crippen LogP contribution in [0.4, 0.5) is 5.69 Å². The van der Waals surface area contributed by atoms with Crippen molar-refractivity contribution in [2.45, 2.75) is 30.8 Å². The van der Waals surface area contributed by atoms with Crippen LogP contribution in [0.3, 0.4) is 0 Å². The third-order valence-electron chi connectivity index (χ3n) is 2.78. The number of non-ortho nitro benzene ring substituents is 1. The molecule has 0 N–H and O–H groups in total. The van der Waals surface area contributed by atoms with E-state index in [1.165, 1.54) is 12.1 Å². The maximum Gasteiger partial charge on any atom is 0.269 e. The van der Waals surface area contributed by atoms with Gasteiger partial charge in [0.05, 0.1) is 4.92 Å². The molecule has 1 aliphatic rings. The molecule has 0 atom stereocenters. The lowest BCUT2D eigenvalue weighted by atomic mass is 10.1. The monoisotopic (exact) mass is 309 g/mol. The molecule has 1 aromatic carbocycles. The third kappa shape index (κ3) is 4.11. The van der Waals surface area contributed by atoms with Crippen LogP contribution in [0, 0.1) is 10.1 Å². The van der Waals surface area contributed by atoms with Gasteiger partial charge < -0.3 is 0 Å². The molecule has 2 rings (SSSR count). The molecule has 1 aromatic rings. The Bertz CT molecular complexity index is 564. The number of hydrogen-bond donors (Lipinski definition) is 0. The second kappa shape index (κ2) is 6.01. The molecule has 0 bridgehead atoms. The summed E-state index contributed by atoms with van der Waals surface area (Å²) in [4.78, 5) is 21.8. The fourth-order valence-electron chi connectivity index (χ4n) is 1.88. The van der Waals surface area contributed by atoms with E-state index in [1.807, 2.05) is 0 Å². The van der Waals surface area contributed by atoms with Gasteiger partial charge in [0.1, 0.15) is 0 Å². The number of ketones is 1. The molecule has 1 heterocycles. The maximum absolute atomic E-state index is 11.6. The van der Waals surface area contributed by atoms with Crippen LogP contribution >= 0.6 is 23.5 Å². The molecule has 0 spiro atoms. The van der Waals surface area contributed by atoms with Crippen LogP contribution in [0.15, 0.2) is 34.6 Å². The highest BCUT2D eigenvalue weighted by atomic mass is 32.2. The second-order valence-electron chi connectivity index (χ2n) is 5.18. The molecule has 0 aromatic heterocycles. The van der Waals surface area contributed by atoms with Gasteiger partial charge in [0.15, 0.2) is 5.78 Å². The first kappa shape index (κ1) is 15.1. The van der Waals surface area contributed by atoms with Gasteiger partial charge in [-0.3, -0.25) is 14.9 Å². The quantitative estimate of drug-likeness (QED) is 0.617. The summed E-state index contributed by atoms with van der Waals surface area (Å²) in [5.74, 6) is 0.875. The maximum atomic E-state index is 11.6. The van der Waals surface area contributed by atoms with E-state index in [2.05, 4.69) is 13.8 Å². The molecular formula is C14H15NO3S2. The number of carbonyl (C=O) groups excluding carboxylic acids is 1. The average molecular weight is 309 g/mol.